The summed E-state index contributed by atoms with van der Waals surface area (Å²) in [6, 6.07) is 8.31. The molecule has 1 heterocycles. The highest BCUT2D eigenvalue weighted by molar-refractivity contribution is 5.93. The van der Waals surface area contributed by atoms with Gasteiger partial charge in [0.2, 0.25) is 0 Å². The number of methoxy groups -OCH3 is 2. The highest BCUT2D eigenvalue weighted by Gasteiger charge is 2.24. The van der Waals surface area contributed by atoms with E-state index in [2.05, 4.69) is 30.4 Å². The molecule has 0 spiro atoms. The van der Waals surface area contributed by atoms with Crippen molar-refractivity contribution in [3.8, 4) is 11.5 Å². The third-order valence-corrected chi connectivity index (χ3v) is 5.25. The molecule has 0 aromatic heterocycles. The van der Waals surface area contributed by atoms with Crippen molar-refractivity contribution < 1.29 is 19.2 Å². The molecule has 144 valence electrons. The van der Waals surface area contributed by atoms with Crippen LogP contribution in [0.1, 0.15) is 27.8 Å². The zero-order valence-corrected chi connectivity index (χ0v) is 16.9. The summed E-state index contributed by atoms with van der Waals surface area (Å²) in [5.74, 6) is 1.57. The number of nitrogens with one attached hydrogen (secondary N) is 2. The van der Waals surface area contributed by atoms with Gasteiger partial charge in [-0.3, -0.25) is 4.79 Å². The maximum Gasteiger partial charge on any atom is 0.279 e. The molecule has 1 amide bonds. The Labute approximate surface area is 161 Å². The monoisotopic (exact) mass is 369 g/mol. The number of aryl methyl sites for hydroxylation is 3. The number of rotatable bonds is 5. The Morgan fingerprint density at radius 1 is 1.00 bits per heavy atom. The van der Waals surface area contributed by atoms with Crippen molar-refractivity contribution in [2.24, 2.45) is 0 Å². The predicted octanol–water partition coefficient (Wildman–Crippen LogP) is 2.21. The fourth-order valence-corrected chi connectivity index (χ4v) is 3.97. The number of anilines is 1. The number of hydrogen-bond acceptors (Lipinski definition) is 3. The molecular weight excluding hydrogens is 340 g/mol. The lowest BCUT2D eigenvalue weighted by Crippen LogP contribution is -3.12. The quantitative estimate of drug-likeness (QED) is 0.850. The van der Waals surface area contributed by atoms with E-state index in [1.165, 1.54) is 21.6 Å². The van der Waals surface area contributed by atoms with E-state index in [4.69, 9.17) is 9.47 Å². The van der Waals surface area contributed by atoms with Gasteiger partial charge in [-0.05, 0) is 49.6 Å². The zero-order chi connectivity index (χ0) is 19.6. The number of ether oxygens (including phenoxy) is 2. The predicted molar refractivity (Wildman–Crippen MR) is 107 cm³/mol. The number of hydrogen-bond donors (Lipinski definition) is 2. The first-order valence-electron chi connectivity index (χ1n) is 9.36. The third-order valence-electron chi connectivity index (χ3n) is 5.25. The van der Waals surface area contributed by atoms with Crippen LogP contribution in [0.25, 0.3) is 0 Å². The van der Waals surface area contributed by atoms with E-state index in [0.717, 1.165) is 47.8 Å². The van der Waals surface area contributed by atoms with Crippen molar-refractivity contribution in [2.75, 3.05) is 32.6 Å². The van der Waals surface area contributed by atoms with Crippen LogP contribution in [0.15, 0.2) is 24.3 Å². The van der Waals surface area contributed by atoms with Gasteiger partial charge in [0.05, 0.1) is 20.8 Å². The van der Waals surface area contributed by atoms with Gasteiger partial charge in [-0.25, -0.2) is 0 Å². The molecule has 2 aromatic carbocycles. The summed E-state index contributed by atoms with van der Waals surface area (Å²) in [6.07, 6.45) is 0.931. The first kappa shape index (κ1) is 19.2. The largest absolute Gasteiger partial charge is 0.493 e. The smallest absolute Gasteiger partial charge is 0.279 e. The molecule has 0 saturated heterocycles. The van der Waals surface area contributed by atoms with Crippen LogP contribution in [0.2, 0.25) is 0 Å². The van der Waals surface area contributed by atoms with E-state index in [9.17, 15) is 4.79 Å². The second-order valence-electron chi connectivity index (χ2n) is 7.40. The molecule has 2 N–H and O–H groups in total. The molecule has 27 heavy (non-hydrogen) atoms. The first-order chi connectivity index (χ1) is 12.9. The van der Waals surface area contributed by atoms with Crippen molar-refractivity contribution in [3.05, 3.63) is 52.1 Å². The molecule has 1 aliphatic rings. The highest BCUT2D eigenvalue weighted by atomic mass is 16.5. The number of carbonyl (C=O) groups excluding carboxylic acids is 1. The fraction of sp³-hybridized carbons (Fsp3) is 0.409. The van der Waals surface area contributed by atoms with E-state index < -0.39 is 0 Å². The Morgan fingerprint density at radius 3 is 2.19 bits per heavy atom. The highest BCUT2D eigenvalue weighted by Crippen LogP contribution is 2.31. The Balaban J connectivity index is 1.69. The van der Waals surface area contributed by atoms with Crippen LogP contribution in [0.5, 0.6) is 11.5 Å². The van der Waals surface area contributed by atoms with Gasteiger partial charge < -0.3 is 19.7 Å². The number of amides is 1. The summed E-state index contributed by atoms with van der Waals surface area (Å²) in [6.45, 7) is 8.36. The Hall–Kier alpha value is -2.53. The van der Waals surface area contributed by atoms with Gasteiger partial charge in [0.1, 0.15) is 6.54 Å². The van der Waals surface area contributed by atoms with Gasteiger partial charge in [0, 0.05) is 17.7 Å². The Bertz CT molecular complexity index is 838. The SMILES string of the molecule is COc1cc2c(cc1OC)C[NH+](CC(=O)Nc1c(C)cc(C)cc1C)CC2. The summed E-state index contributed by atoms with van der Waals surface area (Å²) in [7, 11) is 3.31. The molecule has 0 radical (unpaired) electrons. The molecule has 1 aliphatic heterocycles. The van der Waals surface area contributed by atoms with Gasteiger partial charge in [-0.2, -0.15) is 0 Å². The van der Waals surface area contributed by atoms with Crippen molar-refractivity contribution in [2.45, 2.75) is 33.7 Å². The molecular formula is C22H29N2O3+. The molecule has 2 aromatic rings. The average Bonchev–Trinajstić information content (AvgIpc) is 2.63. The van der Waals surface area contributed by atoms with Gasteiger partial charge in [0.15, 0.2) is 18.0 Å². The number of fused-ring (bicyclic) bond motifs is 1. The molecule has 0 bridgehead atoms. The first-order valence-corrected chi connectivity index (χ1v) is 9.36. The maximum absolute atomic E-state index is 12.6. The van der Waals surface area contributed by atoms with E-state index in [1.54, 1.807) is 14.2 Å². The van der Waals surface area contributed by atoms with Crippen LogP contribution in [0.4, 0.5) is 5.69 Å². The lowest BCUT2D eigenvalue weighted by molar-refractivity contribution is -0.907. The topological polar surface area (TPSA) is 52.0 Å². The standard InChI is InChI=1S/C22H28N2O3/c1-14-8-15(2)22(16(3)9-14)23-21(25)13-24-7-6-17-10-19(26-4)20(27-5)11-18(17)12-24/h8-11H,6-7,12-13H2,1-5H3,(H,23,25)/p+1. The summed E-state index contributed by atoms with van der Waals surface area (Å²) >= 11 is 0. The molecule has 0 aliphatic carbocycles. The van der Waals surface area contributed by atoms with E-state index >= 15 is 0 Å². The van der Waals surface area contributed by atoms with E-state index in [-0.39, 0.29) is 5.91 Å². The maximum atomic E-state index is 12.6. The second kappa shape index (κ2) is 8.01. The van der Waals surface area contributed by atoms with Gasteiger partial charge in [0.25, 0.3) is 5.91 Å². The molecule has 0 saturated carbocycles. The zero-order valence-electron chi connectivity index (χ0n) is 16.9. The minimum absolute atomic E-state index is 0.0592. The minimum atomic E-state index is 0.0592. The van der Waals surface area contributed by atoms with Crippen LogP contribution in [0, 0.1) is 20.8 Å². The van der Waals surface area contributed by atoms with E-state index in [0.29, 0.717) is 6.54 Å². The normalized spacial score (nSPS) is 15.8. The van der Waals surface area contributed by atoms with E-state index in [1.807, 2.05) is 19.9 Å². The van der Waals surface area contributed by atoms with Crippen molar-refractivity contribution in [3.63, 3.8) is 0 Å². The molecule has 3 rings (SSSR count). The number of quaternary nitrogens is 1. The lowest BCUT2D eigenvalue weighted by Gasteiger charge is -2.26. The molecule has 5 heteroatoms. The summed E-state index contributed by atoms with van der Waals surface area (Å²) in [5, 5.41) is 3.11. The average molecular weight is 369 g/mol. The second-order valence-corrected chi connectivity index (χ2v) is 7.40. The molecule has 1 unspecified atom stereocenters. The molecule has 5 nitrogen and oxygen atoms in total. The summed E-state index contributed by atoms with van der Waals surface area (Å²) in [5.41, 5.74) is 6.87. The summed E-state index contributed by atoms with van der Waals surface area (Å²) in [4.78, 5) is 13.9. The van der Waals surface area contributed by atoms with Crippen molar-refractivity contribution in [1.82, 2.24) is 0 Å². The lowest BCUT2D eigenvalue weighted by atomic mass is 9.98. The van der Waals surface area contributed by atoms with Crippen molar-refractivity contribution >= 4 is 11.6 Å². The van der Waals surface area contributed by atoms with Crippen molar-refractivity contribution in [1.29, 1.82) is 0 Å². The third kappa shape index (κ3) is 4.25. The number of benzene rings is 2. The van der Waals surface area contributed by atoms with Crippen LogP contribution in [-0.2, 0) is 17.8 Å². The van der Waals surface area contributed by atoms with Gasteiger partial charge >= 0.3 is 0 Å². The van der Waals surface area contributed by atoms with Crippen LogP contribution >= 0.6 is 0 Å². The molecule has 1 atom stereocenters. The Kier molecular flexibility index (Phi) is 5.71. The van der Waals surface area contributed by atoms with Gasteiger partial charge in [-0.1, -0.05) is 17.7 Å². The fourth-order valence-electron chi connectivity index (χ4n) is 3.97. The number of carbonyl (C=O) groups is 1. The molecule has 0 fully saturated rings. The van der Waals surface area contributed by atoms with Crippen LogP contribution in [0.3, 0.4) is 0 Å². The summed E-state index contributed by atoms with van der Waals surface area (Å²) < 4.78 is 10.8. The van der Waals surface area contributed by atoms with Crippen LogP contribution in [-0.4, -0.2) is 33.2 Å². The Morgan fingerprint density at radius 2 is 1.59 bits per heavy atom. The minimum Gasteiger partial charge on any atom is -0.493 e. The van der Waals surface area contributed by atoms with Crippen LogP contribution < -0.4 is 19.7 Å². The van der Waals surface area contributed by atoms with Gasteiger partial charge in [-0.15, -0.1) is 0 Å².